The Hall–Kier alpha value is -1.81. The van der Waals surface area contributed by atoms with Crippen molar-refractivity contribution in [2.24, 2.45) is 11.8 Å². The lowest BCUT2D eigenvalue weighted by Crippen LogP contribution is -2.38. The lowest BCUT2D eigenvalue weighted by atomic mass is 9.82. The maximum Gasteiger partial charge on any atom is 0.307 e. The van der Waals surface area contributed by atoms with E-state index < -0.39 is 17.8 Å². The van der Waals surface area contributed by atoms with Gasteiger partial charge in [0.05, 0.1) is 11.8 Å². The van der Waals surface area contributed by atoms with Crippen LogP contribution in [0.1, 0.15) is 18.4 Å². The molecule has 0 spiro atoms. The summed E-state index contributed by atoms with van der Waals surface area (Å²) in [7, 11) is 0. The fourth-order valence-corrected chi connectivity index (χ4v) is 2.43. The first-order valence-electron chi connectivity index (χ1n) is 6.48. The Morgan fingerprint density at radius 2 is 1.75 bits per heavy atom. The van der Waals surface area contributed by atoms with E-state index in [-0.39, 0.29) is 5.91 Å². The van der Waals surface area contributed by atoms with Gasteiger partial charge in [0.15, 0.2) is 0 Å². The van der Waals surface area contributed by atoms with E-state index in [1.54, 1.807) is 12.1 Å². The lowest BCUT2D eigenvalue weighted by Gasteiger charge is -2.24. The fourth-order valence-electron chi connectivity index (χ4n) is 2.30. The third kappa shape index (κ3) is 3.61. The SMILES string of the molecule is O=C(O)[C@H]1CC=CC[C@H]1C(=O)NCc1ccc(Cl)cc1. The van der Waals surface area contributed by atoms with Crippen molar-refractivity contribution >= 4 is 23.5 Å². The Morgan fingerprint density at radius 3 is 2.35 bits per heavy atom. The molecule has 0 saturated carbocycles. The molecule has 2 atom stereocenters. The Morgan fingerprint density at radius 1 is 1.15 bits per heavy atom. The van der Waals surface area contributed by atoms with Gasteiger partial charge in [0.2, 0.25) is 5.91 Å². The van der Waals surface area contributed by atoms with E-state index in [4.69, 9.17) is 16.7 Å². The van der Waals surface area contributed by atoms with Crippen molar-refractivity contribution < 1.29 is 14.7 Å². The molecular formula is C15H16ClNO3. The quantitative estimate of drug-likeness (QED) is 0.839. The molecule has 0 aromatic heterocycles. The van der Waals surface area contributed by atoms with Crippen molar-refractivity contribution in [3.63, 3.8) is 0 Å². The van der Waals surface area contributed by atoms with Crippen LogP contribution in [0.3, 0.4) is 0 Å². The normalized spacial score (nSPS) is 21.4. The molecule has 5 heteroatoms. The molecule has 2 N–H and O–H groups in total. The van der Waals surface area contributed by atoms with Gasteiger partial charge in [0.1, 0.15) is 0 Å². The van der Waals surface area contributed by atoms with E-state index in [2.05, 4.69) is 5.32 Å². The average molecular weight is 294 g/mol. The fraction of sp³-hybridized carbons (Fsp3) is 0.333. The van der Waals surface area contributed by atoms with Crippen LogP contribution < -0.4 is 5.32 Å². The first-order chi connectivity index (χ1) is 9.58. The highest BCUT2D eigenvalue weighted by Gasteiger charge is 2.33. The highest BCUT2D eigenvalue weighted by molar-refractivity contribution is 6.30. The van der Waals surface area contributed by atoms with E-state index in [9.17, 15) is 9.59 Å². The average Bonchev–Trinajstić information content (AvgIpc) is 2.46. The first-order valence-corrected chi connectivity index (χ1v) is 6.85. The van der Waals surface area contributed by atoms with Crippen LogP contribution in [-0.4, -0.2) is 17.0 Å². The van der Waals surface area contributed by atoms with Gasteiger partial charge in [0.25, 0.3) is 0 Å². The van der Waals surface area contributed by atoms with E-state index in [0.29, 0.717) is 24.4 Å². The monoisotopic (exact) mass is 293 g/mol. The molecule has 0 unspecified atom stereocenters. The largest absolute Gasteiger partial charge is 0.481 e. The number of carbonyl (C=O) groups is 2. The topological polar surface area (TPSA) is 66.4 Å². The summed E-state index contributed by atoms with van der Waals surface area (Å²) in [6.45, 7) is 0.378. The van der Waals surface area contributed by atoms with Gasteiger partial charge >= 0.3 is 5.97 Å². The predicted molar refractivity (Wildman–Crippen MR) is 76.3 cm³/mol. The van der Waals surface area contributed by atoms with Crippen molar-refractivity contribution in [3.8, 4) is 0 Å². The number of allylic oxidation sites excluding steroid dienone is 2. The molecule has 1 aliphatic carbocycles. The molecule has 0 fully saturated rings. The van der Waals surface area contributed by atoms with Crippen LogP contribution in [0.2, 0.25) is 5.02 Å². The summed E-state index contributed by atoms with van der Waals surface area (Å²) >= 11 is 5.79. The van der Waals surface area contributed by atoms with Crippen LogP contribution in [0, 0.1) is 11.8 Å². The van der Waals surface area contributed by atoms with Crippen LogP contribution in [0.4, 0.5) is 0 Å². The molecule has 1 aliphatic rings. The van der Waals surface area contributed by atoms with Crippen molar-refractivity contribution in [2.75, 3.05) is 0 Å². The summed E-state index contributed by atoms with van der Waals surface area (Å²) in [6, 6.07) is 7.18. The molecule has 1 aromatic rings. The van der Waals surface area contributed by atoms with Gasteiger partial charge in [-0.1, -0.05) is 35.9 Å². The number of rotatable bonds is 4. The minimum atomic E-state index is -0.916. The van der Waals surface area contributed by atoms with E-state index >= 15 is 0 Å². The number of aliphatic carboxylic acids is 1. The minimum Gasteiger partial charge on any atom is -0.481 e. The second-order valence-electron chi connectivity index (χ2n) is 4.84. The van der Waals surface area contributed by atoms with Crippen LogP contribution >= 0.6 is 11.6 Å². The molecule has 4 nitrogen and oxygen atoms in total. The minimum absolute atomic E-state index is 0.211. The Labute approximate surface area is 122 Å². The third-order valence-corrected chi connectivity index (χ3v) is 3.72. The number of carbonyl (C=O) groups excluding carboxylic acids is 1. The highest BCUT2D eigenvalue weighted by Crippen LogP contribution is 2.26. The van der Waals surface area contributed by atoms with E-state index in [0.717, 1.165) is 5.56 Å². The maximum atomic E-state index is 12.1. The zero-order valence-electron chi connectivity index (χ0n) is 10.9. The third-order valence-electron chi connectivity index (χ3n) is 3.47. The summed E-state index contributed by atoms with van der Waals surface area (Å²) in [5.41, 5.74) is 0.931. The zero-order chi connectivity index (χ0) is 14.5. The number of hydrogen-bond donors (Lipinski definition) is 2. The van der Waals surface area contributed by atoms with Crippen LogP contribution in [0.5, 0.6) is 0 Å². The molecular weight excluding hydrogens is 278 g/mol. The van der Waals surface area contributed by atoms with Gasteiger partial charge in [-0.2, -0.15) is 0 Å². The first kappa shape index (κ1) is 14.6. The molecule has 0 bridgehead atoms. The molecule has 1 amide bonds. The number of benzene rings is 1. The number of carboxylic acid groups (broad SMARTS) is 1. The Bertz CT molecular complexity index is 524. The number of halogens is 1. The molecule has 0 heterocycles. The molecule has 106 valence electrons. The number of amides is 1. The predicted octanol–water partition coefficient (Wildman–Crippen LogP) is 2.62. The Balaban J connectivity index is 1.95. The van der Waals surface area contributed by atoms with Crippen molar-refractivity contribution in [1.82, 2.24) is 5.32 Å². The number of carboxylic acids is 1. The zero-order valence-corrected chi connectivity index (χ0v) is 11.6. The van der Waals surface area contributed by atoms with Gasteiger partial charge in [0, 0.05) is 11.6 Å². The summed E-state index contributed by atoms with van der Waals surface area (Å²) in [5, 5.41) is 12.6. The van der Waals surface area contributed by atoms with E-state index in [1.165, 1.54) is 0 Å². The van der Waals surface area contributed by atoms with Crippen LogP contribution in [0.25, 0.3) is 0 Å². The second kappa shape index (κ2) is 6.57. The van der Waals surface area contributed by atoms with E-state index in [1.807, 2.05) is 24.3 Å². The summed E-state index contributed by atoms with van der Waals surface area (Å²) < 4.78 is 0. The standard InChI is InChI=1S/C15H16ClNO3/c16-11-7-5-10(6-8-11)9-17-14(18)12-3-1-2-4-13(12)15(19)20/h1-2,5-8,12-13H,3-4,9H2,(H,17,18)(H,19,20)/t12-,13+/m1/s1. The second-order valence-corrected chi connectivity index (χ2v) is 5.27. The van der Waals surface area contributed by atoms with Gasteiger partial charge in [-0.15, -0.1) is 0 Å². The molecule has 2 rings (SSSR count). The highest BCUT2D eigenvalue weighted by atomic mass is 35.5. The lowest BCUT2D eigenvalue weighted by molar-refractivity contribution is -0.147. The van der Waals surface area contributed by atoms with Gasteiger partial charge in [-0.3, -0.25) is 9.59 Å². The number of hydrogen-bond acceptors (Lipinski definition) is 2. The van der Waals surface area contributed by atoms with Crippen LogP contribution in [-0.2, 0) is 16.1 Å². The molecule has 0 aliphatic heterocycles. The molecule has 1 aromatic carbocycles. The summed E-state index contributed by atoms with van der Waals surface area (Å²) in [5.74, 6) is -2.26. The van der Waals surface area contributed by atoms with Gasteiger partial charge in [-0.05, 0) is 30.5 Å². The van der Waals surface area contributed by atoms with Gasteiger partial charge < -0.3 is 10.4 Å². The molecule has 0 saturated heterocycles. The van der Waals surface area contributed by atoms with Crippen molar-refractivity contribution in [1.29, 1.82) is 0 Å². The molecule has 0 radical (unpaired) electrons. The smallest absolute Gasteiger partial charge is 0.307 e. The number of nitrogens with one attached hydrogen (secondary N) is 1. The molecule has 20 heavy (non-hydrogen) atoms. The maximum absolute atomic E-state index is 12.1. The van der Waals surface area contributed by atoms with Crippen LogP contribution in [0.15, 0.2) is 36.4 Å². The van der Waals surface area contributed by atoms with Crippen molar-refractivity contribution in [2.45, 2.75) is 19.4 Å². The summed E-state index contributed by atoms with van der Waals surface area (Å²) in [6.07, 6.45) is 4.57. The van der Waals surface area contributed by atoms with Crippen molar-refractivity contribution in [3.05, 3.63) is 47.0 Å². The Kier molecular flexibility index (Phi) is 4.79. The summed E-state index contributed by atoms with van der Waals surface area (Å²) in [4.78, 5) is 23.3. The van der Waals surface area contributed by atoms with Gasteiger partial charge in [-0.25, -0.2) is 0 Å².